The van der Waals surface area contributed by atoms with Gasteiger partial charge in [0.05, 0.1) is 17.7 Å². The van der Waals surface area contributed by atoms with Crippen molar-refractivity contribution in [3.63, 3.8) is 0 Å². The molecule has 1 heterocycles. The number of amides is 3. The first-order valence-electron chi connectivity index (χ1n) is 10.2. The second-order valence-corrected chi connectivity index (χ2v) is 8.39. The smallest absolute Gasteiger partial charge is 0.257 e. The minimum Gasteiger partial charge on any atom is -0.326 e. The summed E-state index contributed by atoms with van der Waals surface area (Å²) in [5.74, 6) is -2.16. The normalized spacial score (nSPS) is 15.8. The Bertz CT molecular complexity index is 1150. The van der Waals surface area contributed by atoms with Crippen molar-refractivity contribution in [2.45, 2.75) is 18.9 Å². The van der Waals surface area contributed by atoms with E-state index in [1.54, 1.807) is 30.3 Å². The lowest BCUT2D eigenvalue weighted by atomic mass is 10.1. The molecule has 1 saturated heterocycles. The molecule has 7 heteroatoms. The summed E-state index contributed by atoms with van der Waals surface area (Å²) in [6.07, 6.45) is 0.321. The zero-order valence-corrected chi connectivity index (χ0v) is 18.7. The predicted molar refractivity (Wildman–Crippen MR) is 123 cm³/mol. The largest absolute Gasteiger partial charge is 0.326 e. The van der Waals surface area contributed by atoms with Gasteiger partial charge in [-0.1, -0.05) is 58.4 Å². The Labute approximate surface area is 193 Å². The van der Waals surface area contributed by atoms with E-state index in [0.717, 1.165) is 14.9 Å². The van der Waals surface area contributed by atoms with E-state index in [1.807, 2.05) is 30.3 Å². The van der Waals surface area contributed by atoms with E-state index in [4.69, 9.17) is 0 Å². The van der Waals surface area contributed by atoms with Crippen LogP contribution in [0.15, 0.2) is 83.3 Å². The maximum absolute atomic E-state index is 14.4. The van der Waals surface area contributed by atoms with Gasteiger partial charge in [0, 0.05) is 11.0 Å². The fraction of sp³-hybridized carbons (Fsp3) is 0.160. The van der Waals surface area contributed by atoms with E-state index in [2.05, 4.69) is 15.9 Å². The average Bonchev–Trinajstić information content (AvgIpc) is 3.09. The highest BCUT2D eigenvalue weighted by Crippen LogP contribution is 2.28. The van der Waals surface area contributed by atoms with Crippen molar-refractivity contribution in [2.24, 2.45) is 0 Å². The van der Waals surface area contributed by atoms with Crippen molar-refractivity contribution in [1.29, 1.82) is 0 Å². The van der Waals surface area contributed by atoms with Gasteiger partial charge in [0.2, 0.25) is 5.91 Å². The maximum Gasteiger partial charge on any atom is 0.257 e. The number of benzene rings is 3. The van der Waals surface area contributed by atoms with Gasteiger partial charge in [-0.2, -0.15) is 0 Å². The number of hydrogen-bond acceptors (Lipinski definition) is 3. The third-order valence-electron chi connectivity index (χ3n) is 5.43. The van der Waals surface area contributed by atoms with Crippen LogP contribution >= 0.6 is 15.9 Å². The van der Waals surface area contributed by atoms with Crippen LogP contribution in [0.2, 0.25) is 0 Å². The lowest BCUT2D eigenvalue weighted by Crippen LogP contribution is -2.46. The summed E-state index contributed by atoms with van der Waals surface area (Å²) in [5.41, 5.74) is 1.29. The van der Waals surface area contributed by atoms with Gasteiger partial charge < -0.3 is 4.90 Å². The van der Waals surface area contributed by atoms with Crippen molar-refractivity contribution < 1.29 is 18.8 Å². The first kappa shape index (κ1) is 21.9. The van der Waals surface area contributed by atoms with Crippen LogP contribution in [-0.4, -0.2) is 35.2 Å². The Kier molecular flexibility index (Phi) is 6.46. The average molecular weight is 495 g/mol. The van der Waals surface area contributed by atoms with E-state index in [9.17, 15) is 18.8 Å². The molecule has 162 valence electrons. The maximum atomic E-state index is 14.4. The zero-order valence-electron chi connectivity index (χ0n) is 17.1. The van der Waals surface area contributed by atoms with Crippen LogP contribution in [0.25, 0.3) is 0 Å². The minimum absolute atomic E-state index is 0.122. The molecule has 4 rings (SSSR count). The molecule has 0 N–H and O–H groups in total. The van der Waals surface area contributed by atoms with Gasteiger partial charge in [0.15, 0.2) is 0 Å². The van der Waals surface area contributed by atoms with Gasteiger partial charge in [-0.25, -0.2) is 9.29 Å². The van der Waals surface area contributed by atoms with Gasteiger partial charge in [-0.15, -0.1) is 0 Å². The Morgan fingerprint density at radius 3 is 2.31 bits per heavy atom. The van der Waals surface area contributed by atoms with Crippen LogP contribution in [0, 0.1) is 5.82 Å². The van der Waals surface area contributed by atoms with E-state index >= 15 is 0 Å². The first-order valence-corrected chi connectivity index (χ1v) is 11.0. The lowest BCUT2D eigenvalue weighted by molar-refractivity contribution is -0.122. The van der Waals surface area contributed by atoms with Crippen molar-refractivity contribution in [3.8, 4) is 0 Å². The summed E-state index contributed by atoms with van der Waals surface area (Å²) in [6.45, 7) is 0.176. The van der Waals surface area contributed by atoms with E-state index in [-0.39, 0.29) is 18.5 Å². The Morgan fingerprint density at radius 2 is 1.62 bits per heavy atom. The van der Waals surface area contributed by atoms with Crippen LogP contribution in [0.4, 0.5) is 10.1 Å². The van der Waals surface area contributed by atoms with Crippen molar-refractivity contribution >= 4 is 39.3 Å². The van der Waals surface area contributed by atoms with E-state index in [1.165, 1.54) is 23.1 Å². The Hall–Kier alpha value is -3.32. The van der Waals surface area contributed by atoms with Crippen LogP contribution in [0.5, 0.6) is 0 Å². The van der Waals surface area contributed by atoms with Gasteiger partial charge in [-0.05, 0) is 48.4 Å². The molecule has 0 aliphatic carbocycles. The second kappa shape index (κ2) is 9.44. The highest BCUT2D eigenvalue weighted by atomic mass is 79.9. The molecule has 1 fully saturated rings. The monoisotopic (exact) mass is 494 g/mol. The van der Waals surface area contributed by atoms with Crippen LogP contribution in [0.3, 0.4) is 0 Å². The fourth-order valence-corrected chi connectivity index (χ4v) is 4.07. The molecule has 1 aliphatic heterocycles. The molecule has 0 radical (unpaired) electrons. The van der Waals surface area contributed by atoms with Gasteiger partial charge in [0.25, 0.3) is 11.8 Å². The molecular weight excluding hydrogens is 475 g/mol. The zero-order chi connectivity index (χ0) is 22.7. The standard InChI is InChI=1S/C25H20BrFN2O3/c26-18-10-12-19(13-11-18)29-23(30)16-22(25(29)32)28(15-14-17-6-2-1-3-7-17)24(31)20-8-4-5-9-21(20)27/h1-13,22H,14-16H2. The first-order chi connectivity index (χ1) is 15.5. The topological polar surface area (TPSA) is 57.7 Å². The number of carbonyl (C=O) groups is 3. The molecule has 32 heavy (non-hydrogen) atoms. The number of nitrogens with zero attached hydrogens (tertiary/aromatic N) is 2. The third-order valence-corrected chi connectivity index (χ3v) is 5.96. The molecule has 0 saturated carbocycles. The SMILES string of the molecule is O=C1CC(N(CCc2ccccc2)C(=O)c2ccccc2F)C(=O)N1c1ccc(Br)cc1. The van der Waals surface area contributed by atoms with Crippen LogP contribution in [0.1, 0.15) is 22.3 Å². The number of anilines is 1. The molecule has 0 bridgehead atoms. The molecule has 0 spiro atoms. The molecular formula is C25H20BrFN2O3. The summed E-state index contributed by atoms with van der Waals surface area (Å²) in [4.78, 5) is 41.8. The van der Waals surface area contributed by atoms with E-state index < -0.39 is 29.6 Å². The summed E-state index contributed by atoms with van der Waals surface area (Å²) in [5, 5.41) is 0. The van der Waals surface area contributed by atoms with Crippen LogP contribution in [-0.2, 0) is 16.0 Å². The quantitative estimate of drug-likeness (QED) is 0.470. The second-order valence-electron chi connectivity index (χ2n) is 7.48. The van der Waals surface area contributed by atoms with Crippen molar-refractivity contribution in [3.05, 3.63) is 100 Å². The van der Waals surface area contributed by atoms with E-state index in [0.29, 0.717) is 12.1 Å². The number of halogens is 2. The van der Waals surface area contributed by atoms with Gasteiger partial charge in [0.1, 0.15) is 11.9 Å². The summed E-state index contributed by atoms with van der Waals surface area (Å²) in [7, 11) is 0. The number of imide groups is 1. The molecule has 0 aromatic heterocycles. The van der Waals surface area contributed by atoms with Gasteiger partial charge >= 0.3 is 0 Å². The molecule has 1 atom stereocenters. The summed E-state index contributed by atoms with van der Waals surface area (Å²) < 4.78 is 15.2. The molecule has 5 nitrogen and oxygen atoms in total. The summed E-state index contributed by atoms with van der Waals surface area (Å²) >= 11 is 3.34. The molecule has 1 unspecified atom stereocenters. The third kappa shape index (κ3) is 4.48. The van der Waals surface area contributed by atoms with Crippen molar-refractivity contribution in [2.75, 3.05) is 11.4 Å². The molecule has 3 amide bonds. The highest BCUT2D eigenvalue weighted by Gasteiger charge is 2.44. The van der Waals surface area contributed by atoms with Gasteiger partial charge in [-0.3, -0.25) is 14.4 Å². The Balaban J connectivity index is 1.65. The lowest BCUT2D eigenvalue weighted by Gasteiger charge is -2.28. The fourth-order valence-electron chi connectivity index (χ4n) is 3.80. The predicted octanol–water partition coefficient (Wildman–Crippen LogP) is 4.61. The van der Waals surface area contributed by atoms with Crippen molar-refractivity contribution in [1.82, 2.24) is 4.90 Å². The number of hydrogen-bond donors (Lipinski definition) is 0. The Morgan fingerprint density at radius 1 is 0.969 bits per heavy atom. The summed E-state index contributed by atoms with van der Waals surface area (Å²) in [6, 6.07) is 21.0. The molecule has 3 aromatic rings. The minimum atomic E-state index is -0.998. The highest BCUT2D eigenvalue weighted by molar-refractivity contribution is 9.10. The molecule has 3 aromatic carbocycles. The van der Waals surface area contributed by atoms with Crippen LogP contribution < -0.4 is 4.90 Å². The number of carbonyl (C=O) groups excluding carboxylic acids is 3. The number of rotatable bonds is 6. The molecule has 1 aliphatic rings.